The van der Waals surface area contributed by atoms with Gasteiger partial charge < -0.3 is 10.2 Å². The van der Waals surface area contributed by atoms with Gasteiger partial charge in [-0.2, -0.15) is 18.4 Å². The van der Waals surface area contributed by atoms with Crippen molar-refractivity contribution in [2.24, 2.45) is 0 Å². The van der Waals surface area contributed by atoms with Crippen LogP contribution in [0.1, 0.15) is 34.6 Å². The van der Waals surface area contributed by atoms with Crippen molar-refractivity contribution in [1.82, 2.24) is 4.98 Å². The first-order valence-electron chi connectivity index (χ1n) is 5.13. The van der Waals surface area contributed by atoms with Crippen molar-refractivity contribution in [3.63, 3.8) is 0 Å². The number of pyridine rings is 1. The number of hydrogen-bond acceptors (Lipinski definition) is 5. The van der Waals surface area contributed by atoms with Crippen molar-refractivity contribution in [2.75, 3.05) is 0 Å². The van der Waals surface area contributed by atoms with Gasteiger partial charge in [-0.15, -0.1) is 0 Å². The van der Waals surface area contributed by atoms with Crippen LogP contribution in [0, 0.1) is 11.3 Å². The lowest BCUT2D eigenvalue weighted by Gasteiger charge is -2.10. The maximum atomic E-state index is 12.5. The third kappa shape index (κ3) is 3.44. The predicted octanol–water partition coefficient (Wildman–Crippen LogP) is 1.73. The monoisotopic (exact) mass is 288 g/mol. The Morgan fingerprint density at radius 1 is 1.35 bits per heavy atom. The highest BCUT2D eigenvalue weighted by molar-refractivity contribution is 5.98. The first kappa shape index (κ1) is 15.4. The molecule has 0 saturated heterocycles. The molecular weight excluding hydrogens is 281 g/mol. The number of ketones is 1. The number of carboxylic acids is 1. The van der Waals surface area contributed by atoms with Gasteiger partial charge in [0.15, 0.2) is 11.5 Å². The van der Waals surface area contributed by atoms with Crippen LogP contribution in [0.15, 0.2) is 6.07 Å². The molecule has 0 aliphatic carbocycles. The third-order valence-corrected chi connectivity index (χ3v) is 2.23. The maximum absolute atomic E-state index is 12.5. The van der Waals surface area contributed by atoms with E-state index < -0.39 is 53.5 Å². The minimum Gasteiger partial charge on any atom is -0.504 e. The lowest BCUT2D eigenvalue weighted by Crippen LogP contribution is -2.14. The summed E-state index contributed by atoms with van der Waals surface area (Å²) in [6.45, 7) is 0. The molecule has 0 saturated carbocycles. The van der Waals surface area contributed by atoms with E-state index in [1.54, 1.807) is 0 Å². The summed E-state index contributed by atoms with van der Waals surface area (Å²) in [4.78, 5) is 24.8. The summed E-state index contributed by atoms with van der Waals surface area (Å²) >= 11 is 0. The van der Waals surface area contributed by atoms with E-state index in [1.807, 2.05) is 0 Å². The zero-order valence-electron chi connectivity index (χ0n) is 9.73. The molecule has 20 heavy (non-hydrogen) atoms. The van der Waals surface area contributed by atoms with Crippen LogP contribution in [0.3, 0.4) is 0 Å². The molecule has 9 heteroatoms. The number of halogens is 3. The van der Waals surface area contributed by atoms with Crippen LogP contribution in [0.5, 0.6) is 5.75 Å². The second kappa shape index (κ2) is 5.56. The highest BCUT2D eigenvalue weighted by atomic mass is 19.4. The number of Topliss-reactive ketones (excluding diaryl/α,β-unsaturated/α-hetero) is 1. The molecule has 0 bridgehead atoms. The summed E-state index contributed by atoms with van der Waals surface area (Å²) < 4.78 is 37.6. The molecule has 0 aliphatic rings. The van der Waals surface area contributed by atoms with Crippen molar-refractivity contribution in [3.8, 4) is 11.8 Å². The second-order valence-electron chi connectivity index (χ2n) is 3.68. The largest absolute Gasteiger partial charge is 0.504 e. The number of nitrogens with zero attached hydrogens (tertiary/aromatic N) is 2. The molecule has 1 aromatic rings. The molecule has 1 heterocycles. The predicted molar refractivity (Wildman–Crippen MR) is 56.8 cm³/mol. The quantitative estimate of drug-likeness (QED) is 0.816. The van der Waals surface area contributed by atoms with Crippen LogP contribution in [0.25, 0.3) is 0 Å². The van der Waals surface area contributed by atoms with Crippen molar-refractivity contribution in [2.45, 2.75) is 19.0 Å². The van der Waals surface area contributed by atoms with Gasteiger partial charge in [0.05, 0.1) is 12.0 Å². The van der Waals surface area contributed by atoms with Crippen molar-refractivity contribution in [1.29, 1.82) is 5.26 Å². The summed E-state index contributed by atoms with van der Waals surface area (Å²) in [6.07, 6.45) is -6.17. The summed E-state index contributed by atoms with van der Waals surface area (Å²) in [5, 5.41) is 26.5. The topological polar surface area (TPSA) is 111 Å². The molecular formula is C11H7F3N2O4. The molecule has 106 valence electrons. The lowest BCUT2D eigenvalue weighted by atomic mass is 10.1. The van der Waals surface area contributed by atoms with Gasteiger partial charge >= 0.3 is 12.1 Å². The van der Waals surface area contributed by atoms with Gasteiger partial charge in [0.2, 0.25) is 0 Å². The Balaban J connectivity index is 3.28. The van der Waals surface area contributed by atoms with Gasteiger partial charge in [0.25, 0.3) is 0 Å². The lowest BCUT2D eigenvalue weighted by molar-refractivity contribution is -0.141. The zero-order valence-corrected chi connectivity index (χ0v) is 9.73. The molecule has 0 aromatic carbocycles. The molecule has 0 spiro atoms. The van der Waals surface area contributed by atoms with E-state index in [2.05, 4.69) is 4.98 Å². The third-order valence-electron chi connectivity index (χ3n) is 2.23. The molecule has 0 unspecified atom stereocenters. The van der Waals surface area contributed by atoms with Crippen LogP contribution in [0.4, 0.5) is 13.2 Å². The van der Waals surface area contributed by atoms with E-state index in [4.69, 9.17) is 10.4 Å². The standard InChI is InChI=1S/C11H7F3N2O4/c12-11(13,14)7-3-5(4-15)10(20)9(16-7)6(17)1-2-8(18)19/h3,20H,1-2H2,(H,18,19). The molecule has 6 nitrogen and oxygen atoms in total. The zero-order chi connectivity index (χ0) is 15.5. The van der Waals surface area contributed by atoms with Crippen LogP contribution >= 0.6 is 0 Å². The Bertz CT molecular complexity index is 605. The molecule has 0 fully saturated rings. The van der Waals surface area contributed by atoms with E-state index in [1.165, 1.54) is 6.07 Å². The number of rotatable bonds is 4. The van der Waals surface area contributed by atoms with E-state index in [0.29, 0.717) is 6.07 Å². The SMILES string of the molecule is N#Cc1cc(C(F)(F)F)nc(C(=O)CCC(=O)O)c1O. The fourth-order valence-electron chi connectivity index (χ4n) is 1.30. The number of carboxylic acid groups (broad SMARTS) is 1. The van der Waals surface area contributed by atoms with Crippen LogP contribution in [-0.2, 0) is 11.0 Å². The Morgan fingerprint density at radius 3 is 2.40 bits per heavy atom. The Labute approximate surface area is 110 Å². The minimum absolute atomic E-state index is 0.309. The number of nitriles is 1. The molecule has 0 radical (unpaired) electrons. The van der Waals surface area contributed by atoms with Gasteiger partial charge in [-0.1, -0.05) is 0 Å². The fraction of sp³-hybridized carbons (Fsp3) is 0.273. The van der Waals surface area contributed by atoms with E-state index in [9.17, 15) is 27.9 Å². The Kier molecular flexibility index (Phi) is 4.29. The van der Waals surface area contributed by atoms with Crippen LogP contribution in [0.2, 0.25) is 0 Å². The number of alkyl halides is 3. The summed E-state index contributed by atoms with van der Waals surface area (Å²) in [5.41, 5.74) is -3.23. The van der Waals surface area contributed by atoms with Gasteiger partial charge in [-0.25, -0.2) is 4.98 Å². The average Bonchev–Trinajstić information content (AvgIpc) is 2.34. The number of aromatic nitrogens is 1. The number of hydrogen-bond donors (Lipinski definition) is 2. The number of aliphatic carboxylic acids is 1. The van der Waals surface area contributed by atoms with Crippen LogP contribution < -0.4 is 0 Å². The molecule has 0 atom stereocenters. The maximum Gasteiger partial charge on any atom is 0.433 e. The number of aromatic hydroxyl groups is 1. The van der Waals surface area contributed by atoms with Crippen molar-refractivity contribution in [3.05, 3.63) is 23.0 Å². The molecule has 0 aliphatic heterocycles. The van der Waals surface area contributed by atoms with Crippen LogP contribution in [-0.4, -0.2) is 26.9 Å². The summed E-state index contributed by atoms with van der Waals surface area (Å²) in [7, 11) is 0. The van der Waals surface area contributed by atoms with E-state index in [-0.39, 0.29) is 0 Å². The first-order chi connectivity index (χ1) is 9.16. The molecule has 2 N–H and O–H groups in total. The van der Waals surface area contributed by atoms with Gasteiger partial charge in [-0.3, -0.25) is 9.59 Å². The van der Waals surface area contributed by atoms with E-state index >= 15 is 0 Å². The summed E-state index contributed by atoms with van der Waals surface area (Å²) in [5.74, 6) is -3.41. The van der Waals surface area contributed by atoms with Crippen molar-refractivity contribution >= 4 is 11.8 Å². The summed E-state index contributed by atoms with van der Waals surface area (Å²) in [6, 6.07) is 1.62. The highest BCUT2D eigenvalue weighted by Crippen LogP contribution is 2.32. The minimum atomic E-state index is -4.90. The van der Waals surface area contributed by atoms with Gasteiger partial charge in [-0.05, 0) is 6.07 Å². The molecule has 1 aromatic heterocycles. The fourth-order valence-corrected chi connectivity index (χ4v) is 1.30. The Hall–Kier alpha value is -2.63. The Morgan fingerprint density at radius 2 is 1.95 bits per heavy atom. The smallest absolute Gasteiger partial charge is 0.433 e. The molecule has 1 rings (SSSR count). The highest BCUT2D eigenvalue weighted by Gasteiger charge is 2.35. The van der Waals surface area contributed by atoms with Gasteiger partial charge in [0, 0.05) is 6.42 Å². The van der Waals surface area contributed by atoms with E-state index in [0.717, 1.165) is 0 Å². The van der Waals surface area contributed by atoms with Gasteiger partial charge in [0.1, 0.15) is 17.5 Å². The second-order valence-corrected chi connectivity index (χ2v) is 3.68. The number of carbonyl (C=O) groups is 2. The average molecular weight is 288 g/mol. The first-order valence-corrected chi connectivity index (χ1v) is 5.13. The number of carbonyl (C=O) groups excluding carboxylic acids is 1. The van der Waals surface area contributed by atoms with Crippen molar-refractivity contribution < 1.29 is 33.0 Å². The molecule has 0 amide bonds. The normalized spacial score (nSPS) is 10.9.